The van der Waals surface area contributed by atoms with E-state index in [1.165, 1.54) is 0 Å². The zero-order chi connectivity index (χ0) is 12.0. The van der Waals surface area contributed by atoms with Crippen LogP contribution in [0, 0.1) is 0 Å². The van der Waals surface area contributed by atoms with Crippen LogP contribution in [0.1, 0.15) is 37.6 Å². The molecule has 0 radical (unpaired) electrons. The monoisotopic (exact) mass is 286 g/mol. The SMILES string of the molecule is CCc1cc(CCC(=O)CCCBr)n(C)n1. The molecule has 16 heavy (non-hydrogen) atoms. The number of rotatable bonds is 7. The van der Waals surface area contributed by atoms with E-state index < -0.39 is 0 Å². The lowest BCUT2D eigenvalue weighted by Crippen LogP contribution is -2.04. The maximum Gasteiger partial charge on any atom is 0.133 e. The number of carbonyl (C=O) groups is 1. The number of halogens is 1. The summed E-state index contributed by atoms with van der Waals surface area (Å²) in [7, 11) is 1.94. The molecule has 1 aromatic heterocycles. The van der Waals surface area contributed by atoms with Crippen molar-refractivity contribution in [3.8, 4) is 0 Å². The molecule has 0 saturated carbocycles. The van der Waals surface area contributed by atoms with E-state index in [-0.39, 0.29) is 0 Å². The van der Waals surface area contributed by atoms with Gasteiger partial charge in [-0.25, -0.2) is 0 Å². The second kappa shape index (κ2) is 6.84. The minimum atomic E-state index is 0.346. The van der Waals surface area contributed by atoms with Gasteiger partial charge in [0.15, 0.2) is 0 Å². The van der Waals surface area contributed by atoms with Crippen molar-refractivity contribution in [3.63, 3.8) is 0 Å². The first kappa shape index (κ1) is 13.4. The number of alkyl halides is 1. The molecule has 0 fully saturated rings. The number of ketones is 1. The molecule has 0 aliphatic heterocycles. The molecule has 0 aliphatic carbocycles. The molecule has 1 heterocycles. The lowest BCUT2D eigenvalue weighted by atomic mass is 10.1. The molecule has 1 rings (SSSR count). The fraction of sp³-hybridized carbons (Fsp3) is 0.667. The Morgan fingerprint density at radius 2 is 2.25 bits per heavy atom. The van der Waals surface area contributed by atoms with Gasteiger partial charge < -0.3 is 0 Å². The van der Waals surface area contributed by atoms with Gasteiger partial charge in [0.25, 0.3) is 0 Å². The van der Waals surface area contributed by atoms with Crippen molar-refractivity contribution in [1.29, 1.82) is 0 Å². The van der Waals surface area contributed by atoms with Crippen LogP contribution in [-0.2, 0) is 24.7 Å². The Kier molecular flexibility index (Phi) is 5.74. The predicted molar refractivity (Wildman–Crippen MR) is 68.9 cm³/mol. The van der Waals surface area contributed by atoms with E-state index in [0.29, 0.717) is 18.6 Å². The summed E-state index contributed by atoms with van der Waals surface area (Å²) >= 11 is 3.33. The number of Topliss-reactive ketones (excluding diaryl/α,β-unsaturated/α-hetero) is 1. The summed E-state index contributed by atoms with van der Waals surface area (Å²) in [6.07, 6.45) is 4.01. The summed E-state index contributed by atoms with van der Waals surface area (Å²) in [5, 5.41) is 5.27. The first-order valence-electron chi connectivity index (χ1n) is 5.76. The van der Waals surface area contributed by atoms with Crippen molar-refractivity contribution in [3.05, 3.63) is 17.5 Å². The summed E-state index contributed by atoms with van der Waals surface area (Å²) in [6, 6.07) is 2.10. The van der Waals surface area contributed by atoms with E-state index in [1.807, 2.05) is 11.7 Å². The highest BCUT2D eigenvalue weighted by molar-refractivity contribution is 9.09. The summed E-state index contributed by atoms with van der Waals surface area (Å²) in [6.45, 7) is 2.09. The number of aromatic nitrogens is 2. The second-order valence-electron chi connectivity index (χ2n) is 3.94. The van der Waals surface area contributed by atoms with Gasteiger partial charge in [0, 0.05) is 30.9 Å². The van der Waals surface area contributed by atoms with Crippen LogP contribution >= 0.6 is 15.9 Å². The van der Waals surface area contributed by atoms with Gasteiger partial charge in [0.2, 0.25) is 0 Å². The Hall–Kier alpha value is -0.640. The highest BCUT2D eigenvalue weighted by Gasteiger charge is 2.07. The highest BCUT2D eigenvalue weighted by Crippen LogP contribution is 2.08. The first-order chi connectivity index (χ1) is 7.67. The summed E-state index contributed by atoms with van der Waals surface area (Å²) in [4.78, 5) is 11.5. The highest BCUT2D eigenvalue weighted by atomic mass is 79.9. The van der Waals surface area contributed by atoms with E-state index in [2.05, 4.69) is 34.0 Å². The van der Waals surface area contributed by atoms with Crippen LogP contribution in [-0.4, -0.2) is 20.9 Å². The fourth-order valence-electron chi connectivity index (χ4n) is 1.63. The van der Waals surface area contributed by atoms with Gasteiger partial charge in [-0.15, -0.1) is 0 Å². The van der Waals surface area contributed by atoms with Crippen LogP contribution in [0.2, 0.25) is 0 Å². The molecule has 3 nitrogen and oxygen atoms in total. The molecular formula is C12H19BrN2O. The quantitative estimate of drug-likeness (QED) is 0.723. The Bertz CT molecular complexity index is 347. The van der Waals surface area contributed by atoms with Crippen LogP contribution < -0.4 is 0 Å². The summed E-state index contributed by atoms with van der Waals surface area (Å²) in [5.41, 5.74) is 2.26. The maximum atomic E-state index is 11.5. The van der Waals surface area contributed by atoms with E-state index in [1.54, 1.807) is 0 Å². The third-order valence-corrected chi connectivity index (χ3v) is 3.20. The predicted octanol–water partition coefficient (Wildman–Crippen LogP) is 2.66. The van der Waals surface area contributed by atoms with Crippen molar-refractivity contribution < 1.29 is 4.79 Å². The molecule has 0 aliphatic rings. The number of hydrogen-bond acceptors (Lipinski definition) is 2. The van der Waals surface area contributed by atoms with Gasteiger partial charge in [-0.1, -0.05) is 22.9 Å². The Labute approximate surface area is 105 Å². The molecule has 90 valence electrons. The molecule has 0 unspecified atom stereocenters. The third kappa shape index (κ3) is 4.08. The average Bonchev–Trinajstić information content (AvgIpc) is 2.64. The van der Waals surface area contributed by atoms with E-state index in [4.69, 9.17) is 0 Å². The molecule has 0 aromatic carbocycles. The lowest BCUT2D eigenvalue weighted by Gasteiger charge is -2.00. The molecular weight excluding hydrogens is 268 g/mol. The van der Waals surface area contributed by atoms with Gasteiger partial charge in [0.05, 0.1) is 5.69 Å². The van der Waals surface area contributed by atoms with Crippen molar-refractivity contribution in [2.75, 3.05) is 5.33 Å². The molecule has 0 saturated heterocycles. The van der Waals surface area contributed by atoms with Gasteiger partial charge in [0.1, 0.15) is 5.78 Å². The van der Waals surface area contributed by atoms with E-state index in [9.17, 15) is 4.79 Å². The minimum Gasteiger partial charge on any atom is -0.300 e. The van der Waals surface area contributed by atoms with Crippen molar-refractivity contribution in [2.45, 2.75) is 39.0 Å². The fourth-order valence-corrected chi connectivity index (χ4v) is 1.92. The smallest absolute Gasteiger partial charge is 0.133 e. The molecule has 0 amide bonds. The maximum absolute atomic E-state index is 11.5. The van der Waals surface area contributed by atoms with Crippen LogP contribution in [0.25, 0.3) is 0 Å². The molecule has 0 spiro atoms. The third-order valence-electron chi connectivity index (χ3n) is 2.64. The van der Waals surface area contributed by atoms with Crippen molar-refractivity contribution in [1.82, 2.24) is 9.78 Å². The van der Waals surface area contributed by atoms with Crippen LogP contribution in [0.3, 0.4) is 0 Å². The molecule has 0 bridgehead atoms. The number of carbonyl (C=O) groups excluding carboxylic acids is 1. The standard InChI is InChI=1S/C12H19BrN2O/c1-3-10-9-11(15(2)14-10)6-7-12(16)5-4-8-13/h9H,3-8H2,1-2H3. The molecule has 4 heteroatoms. The lowest BCUT2D eigenvalue weighted by molar-refractivity contribution is -0.119. The summed E-state index contributed by atoms with van der Waals surface area (Å²) < 4.78 is 1.89. The van der Waals surface area contributed by atoms with Crippen molar-refractivity contribution in [2.24, 2.45) is 7.05 Å². The van der Waals surface area contributed by atoms with Gasteiger partial charge in [-0.05, 0) is 25.3 Å². The zero-order valence-electron chi connectivity index (χ0n) is 10.0. The van der Waals surface area contributed by atoms with Crippen LogP contribution in [0.5, 0.6) is 0 Å². The Balaban J connectivity index is 2.41. The zero-order valence-corrected chi connectivity index (χ0v) is 11.6. The van der Waals surface area contributed by atoms with Gasteiger partial charge >= 0.3 is 0 Å². The minimum absolute atomic E-state index is 0.346. The molecule has 1 aromatic rings. The number of nitrogens with zero attached hydrogens (tertiary/aromatic N) is 2. The van der Waals surface area contributed by atoms with Crippen molar-refractivity contribution >= 4 is 21.7 Å². The van der Waals surface area contributed by atoms with Crippen LogP contribution in [0.4, 0.5) is 0 Å². The Morgan fingerprint density at radius 1 is 1.50 bits per heavy atom. The number of hydrogen-bond donors (Lipinski definition) is 0. The average molecular weight is 287 g/mol. The van der Waals surface area contributed by atoms with E-state index in [0.717, 1.165) is 36.0 Å². The summed E-state index contributed by atoms with van der Waals surface area (Å²) in [5.74, 6) is 0.346. The molecule has 0 atom stereocenters. The normalized spacial score (nSPS) is 10.7. The largest absolute Gasteiger partial charge is 0.300 e. The van der Waals surface area contributed by atoms with Crippen LogP contribution in [0.15, 0.2) is 6.07 Å². The topological polar surface area (TPSA) is 34.9 Å². The Morgan fingerprint density at radius 3 is 2.81 bits per heavy atom. The first-order valence-corrected chi connectivity index (χ1v) is 6.89. The van der Waals surface area contributed by atoms with Gasteiger partial charge in [-0.2, -0.15) is 5.10 Å². The molecule has 0 N–H and O–H groups in total. The van der Waals surface area contributed by atoms with Gasteiger partial charge in [-0.3, -0.25) is 9.48 Å². The van der Waals surface area contributed by atoms with E-state index >= 15 is 0 Å². The second-order valence-corrected chi connectivity index (χ2v) is 4.73. The number of aryl methyl sites for hydroxylation is 3.